The van der Waals surface area contributed by atoms with Gasteiger partial charge in [-0.1, -0.05) is 11.3 Å². The largest absolute Gasteiger partial charge is 0.301 e. The standard InChI is InChI=1S/C20H22FN5OS/c1-13-24-25-20(28-13)16-8-15-9-17(22-12-18(15)23-11-16)10-19(27)14-2-5-26(6-3-14)7-4-21/h8-9,11-12,14H,2-7,10H2,1H3. The Morgan fingerprint density at radius 1 is 1.21 bits per heavy atom. The molecule has 3 aromatic heterocycles. The van der Waals surface area contributed by atoms with E-state index < -0.39 is 0 Å². The minimum Gasteiger partial charge on any atom is -0.301 e. The van der Waals surface area contributed by atoms with Crippen molar-refractivity contribution in [3.8, 4) is 10.6 Å². The second-order valence-electron chi connectivity index (χ2n) is 7.17. The normalized spacial score (nSPS) is 15.9. The molecule has 0 amide bonds. The first-order valence-electron chi connectivity index (χ1n) is 9.48. The lowest BCUT2D eigenvalue weighted by Crippen LogP contribution is -2.37. The van der Waals surface area contributed by atoms with E-state index in [0.717, 1.165) is 58.1 Å². The van der Waals surface area contributed by atoms with Crippen molar-refractivity contribution >= 4 is 28.0 Å². The van der Waals surface area contributed by atoms with Gasteiger partial charge in [0.2, 0.25) is 0 Å². The molecule has 4 rings (SSSR count). The van der Waals surface area contributed by atoms with Crippen LogP contribution in [0.3, 0.4) is 0 Å². The summed E-state index contributed by atoms with van der Waals surface area (Å²) in [4.78, 5) is 23.7. The molecule has 8 heteroatoms. The van der Waals surface area contributed by atoms with E-state index in [4.69, 9.17) is 0 Å². The van der Waals surface area contributed by atoms with Crippen LogP contribution in [0.15, 0.2) is 24.5 Å². The molecule has 0 saturated carbocycles. The number of ketones is 1. The van der Waals surface area contributed by atoms with Crippen LogP contribution in [0, 0.1) is 12.8 Å². The number of carbonyl (C=O) groups excluding carboxylic acids is 1. The zero-order valence-electron chi connectivity index (χ0n) is 15.8. The van der Waals surface area contributed by atoms with E-state index in [-0.39, 0.29) is 18.4 Å². The van der Waals surface area contributed by atoms with Crippen LogP contribution in [0.25, 0.3) is 21.5 Å². The van der Waals surface area contributed by atoms with Crippen molar-refractivity contribution < 1.29 is 9.18 Å². The first kappa shape index (κ1) is 19.0. The highest BCUT2D eigenvalue weighted by molar-refractivity contribution is 7.14. The predicted molar refractivity (Wildman–Crippen MR) is 107 cm³/mol. The van der Waals surface area contributed by atoms with Gasteiger partial charge in [-0.2, -0.15) is 0 Å². The number of rotatable bonds is 6. The summed E-state index contributed by atoms with van der Waals surface area (Å²) >= 11 is 1.53. The van der Waals surface area contributed by atoms with E-state index in [0.29, 0.717) is 13.0 Å². The van der Waals surface area contributed by atoms with Crippen LogP contribution >= 0.6 is 11.3 Å². The number of hydrogen-bond acceptors (Lipinski definition) is 7. The van der Waals surface area contributed by atoms with Gasteiger partial charge >= 0.3 is 0 Å². The van der Waals surface area contributed by atoms with Crippen LogP contribution in [0.4, 0.5) is 4.39 Å². The molecule has 0 unspecified atom stereocenters. The molecule has 1 fully saturated rings. The number of likely N-dealkylation sites (tertiary alicyclic amines) is 1. The zero-order chi connectivity index (χ0) is 19.5. The average Bonchev–Trinajstić information content (AvgIpc) is 3.14. The first-order chi connectivity index (χ1) is 13.6. The number of Topliss-reactive ketones (excluding diaryl/α,β-unsaturated/α-hetero) is 1. The maximum atomic E-state index is 12.7. The topological polar surface area (TPSA) is 71.9 Å². The lowest BCUT2D eigenvalue weighted by Gasteiger charge is -2.30. The van der Waals surface area contributed by atoms with Crippen molar-refractivity contribution in [3.63, 3.8) is 0 Å². The molecule has 28 heavy (non-hydrogen) atoms. The van der Waals surface area contributed by atoms with Gasteiger partial charge in [0.15, 0.2) is 0 Å². The van der Waals surface area contributed by atoms with Gasteiger partial charge in [-0.15, -0.1) is 10.2 Å². The smallest absolute Gasteiger partial charge is 0.149 e. The molecular formula is C20H22FN5OS. The van der Waals surface area contributed by atoms with Crippen molar-refractivity contribution in [1.29, 1.82) is 0 Å². The summed E-state index contributed by atoms with van der Waals surface area (Å²) in [5.41, 5.74) is 2.47. The number of hydrogen-bond donors (Lipinski definition) is 0. The number of pyridine rings is 2. The minimum atomic E-state index is -0.327. The monoisotopic (exact) mass is 399 g/mol. The van der Waals surface area contributed by atoms with Gasteiger partial charge in [-0.05, 0) is 45.0 Å². The Kier molecular flexibility index (Phi) is 5.68. The SMILES string of the molecule is Cc1nnc(-c2cnc3cnc(CC(=O)C4CCN(CCF)CC4)cc3c2)s1. The number of fused-ring (bicyclic) bond motifs is 1. The quantitative estimate of drug-likeness (QED) is 0.634. The van der Waals surface area contributed by atoms with Crippen LogP contribution in [0.5, 0.6) is 0 Å². The van der Waals surface area contributed by atoms with Gasteiger partial charge in [0.05, 0.1) is 11.7 Å². The highest BCUT2D eigenvalue weighted by Crippen LogP contribution is 2.26. The number of aryl methyl sites for hydroxylation is 1. The fourth-order valence-electron chi connectivity index (χ4n) is 3.62. The fourth-order valence-corrected chi connectivity index (χ4v) is 4.30. The summed E-state index contributed by atoms with van der Waals surface area (Å²) in [5.74, 6) is 0.262. The highest BCUT2D eigenvalue weighted by Gasteiger charge is 2.25. The van der Waals surface area contributed by atoms with Gasteiger partial charge in [-0.3, -0.25) is 14.8 Å². The first-order valence-corrected chi connectivity index (χ1v) is 10.3. The molecule has 0 bridgehead atoms. The third kappa shape index (κ3) is 4.23. The van der Waals surface area contributed by atoms with Gasteiger partial charge in [0.1, 0.15) is 22.5 Å². The molecule has 4 heterocycles. The molecule has 0 spiro atoms. The Balaban J connectivity index is 1.47. The van der Waals surface area contributed by atoms with E-state index in [1.165, 1.54) is 11.3 Å². The Labute approximate surface area is 166 Å². The summed E-state index contributed by atoms with van der Waals surface area (Å²) < 4.78 is 12.5. The molecule has 0 radical (unpaired) electrons. The molecule has 6 nitrogen and oxygen atoms in total. The third-order valence-electron chi connectivity index (χ3n) is 5.20. The summed E-state index contributed by atoms with van der Waals surface area (Å²) in [6, 6.07) is 3.96. The second-order valence-corrected chi connectivity index (χ2v) is 8.35. The minimum absolute atomic E-state index is 0.0437. The molecule has 3 aromatic rings. The number of halogens is 1. The van der Waals surface area contributed by atoms with Crippen LogP contribution in [0.2, 0.25) is 0 Å². The van der Waals surface area contributed by atoms with E-state index in [9.17, 15) is 9.18 Å². The number of nitrogens with zero attached hydrogens (tertiary/aromatic N) is 5. The molecule has 1 aliphatic heterocycles. The highest BCUT2D eigenvalue weighted by atomic mass is 32.1. The Hall–Kier alpha value is -2.32. The van der Waals surface area contributed by atoms with Crippen molar-refractivity contribution in [2.24, 2.45) is 5.92 Å². The number of carbonyl (C=O) groups is 1. The molecule has 1 aliphatic rings. The van der Waals surface area contributed by atoms with Crippen molar-refractivity contribution in [3.05, 3.63) is 35.2 Å². The summed E-state index contributed by atoms with van der Waals surface area (Å²) in [6.07, 6.45) is 5.42. The molecule has 0 aromatic carbocycles. The maximum Gasteiger partial charge on any atom is 0.149 e. The van der Waals surface area contributed by atoms with Crippen molar-refractivity contribution in [1.82, 2.24) is 25.1 Å². The molecule has 0 N–H and O–H groups in total. The van der Waals surface area contributed by atoms with E-state index in [1.54, 1.807) is 12.4 Å². The lowest BCUT2D eigenvalue weighted by molar-refractivity contribution is -0.123. The molecule has 0 aliphatic carbocycles. The summed E-state index contributed by atoms with van der Waals surface area (Å²) in [5, 5.41) is 10.9. The predicted octanol–water partition coefficient (Wildman–Crippen LogP) is 3.25. The Morgan fingerprint density at radius 2 is 2.04 bits per heavy atom. The summed E-state index contributed by atoms with van der Waals surface area (Å²) in [6.45, 7) is 3.65. The van der Waals surface area contributed by atoms with Crippen LogP contribution in [0.1, 0.15) is 23.5 Å². The van der Waals surface area contributed by atoms with Gasteiger partial charge < -0.3 is 4.90 Å². The van der Waals surface area contributed by atoms with E-state index in [1.807, 2.05) is 19.1 Å². The Bertz CT molecular complexity index is 984. The summed E-state index contributed by atoms with van der Waals surface area (Å²) in [7, 11) is 0. The van der Waals surface area contributed by atoms with Crippen LogP contribution < -0.4 is 0 Å². The number of alkyl halides is 1. The van der Waals surface area contributed by atoms with Crippen LogP contribution in [-0.4, -0.2) is 57.2 Å². The zero-order valence-corrected chi connectivity index (χ0v) is 16.6. The van der Waals surface area contributed by atoms with Gasteiger partial charge in [0, 0.05) is 41.7 Å². The molecule has 146 valence electrons. The van der Waals surface area contributed by atoms with Crippen molar-refractivity contribution in [2.45, 2.75) is 26.2 Å². The van der Waals surface area contributed by atoms with E-state index >= 15 is 0 Å². The lowest BCUT2D eigenvalue weighted by atomic mass is 9.90. The molecular weight excluding hydrogens is 377 g/mol. The number of aromatic nitrogens is 4. The van der Waals surface area contributed by atoms with Gasteiger partial charge in [0.25, 0.3) is 0 Å². The number of piperidine rings is 1. The van der Waals surface area contributed by atoms with Crippen molar-refractivity contribution in [2.75, 3.05) is 26.3 Å². The fraction of sp³-hybridized carbons (Fsp3) is 0.450. The molecule has 0 atom stereocenters. The Morgan fingerprint density at radius 3 is 2.75 bits per heavy atom. The molecule has 1 saturated heterocycles. The van der Waals surface area contributed by atoms with Gasteiger partial charge in [-0.25, -0.2) is 4.39 Å². The average molecular weight is 399 g/mol. The van der Waals surface area contributed by atoms with E-state index in [2.05, 4.69) is 25.1 Å². The van der Waals surface area contributed by atoms with Crippen LogP contribution in [-0.2, 0) is 11.2 Å². The second kappa shape index (κ2) is 8.36. The maximum absolute atomic E-state index is 12.7. The third-order valence-corrected chi connectivity index (χ3v) is 6.08.